The third-order valence-electron chi connectivity index (χ3n) is 2.70. The number of carbonyl (C=O) groups is 1. The van der Waals surface area contributed by atoms with Gasteiger partial charge in [0, 0.05) is 32.6 Å². The molecule has 2 N–H and O–H groups in total. The first-order valence-corrected chi connectivity index (χ1v) is 6.74. The van der Waals surface area contributed by atoms with E-state index < -0.39 is 0 Å². The van der Waals surface area contributed by atoms with Crippen molar-refractivity contribution in [3.63, 3.8) is 0 Å². The van der Waals surface area contributed by atoms with Gasteiger partial charge >= 0.3 is 0 Å². The van der Waals surface area contributed by atoms with Crippen LogP contribution >= 0.6 is 0 Å². The number of hydrogen-bond acceptors (Lipinski definition) is 4. The van der Waals surface area contributed by atoms with Gasteiger partial charge < -0.3 is 15.4 Å². The van der Waals surface area contributed by atoms with Crippen molar-refractivity contribution in [2.45, 2.75) is 26.2 Å². The van der Waals surface area contributed by atoms with Crippen LogP contribution in [0.5, 0.6) is 0 Å². The Balaban J connectivity index is 2.43. The van der Waals surface area contributed by atoms with Gasteiger partial charge in [-0.25, -0.2) is 0 Å². The van der Waals surface area contributed by atoms with Gasteiger partial charge in [-0.05, 0) is 12.5 Å². The van der Waals surface area contributed by atoms with Crippen LogP contribution in [0, 0.1) is 0 Å². The van der Waals surface area contributed by atoms with Gasteiger partial charge in [-0.3, -0.25) is 9.78 Å². The molecule has 1 amide bonds. The number of pyridine rings is 1. The third-order valence-corrected chi connectivity index (χ3v) is 2.70. The highest BCUT2D eigenvalue weighted by atomic mass is 16.5. The first-order valence-electron chi connectivity index (χ1n) is 6.74. The van der Waals surface area contributed by atoms with Crippen LogP contribution in [0.4, 0.5) is 5.69 Å². The Morgan fingerprint density at radius 1 is 1.32 bits per heavy atom. The van der Waals surface area contributed by atoms with Crippen LogP contribution in [-0.4, -0.2) is 37.7 Å². The number of methoxy groups -OCH3 is 1. The van der Waals surface area contributed by atoms with Gasteiger partial charge in [0.25, 0.3) is 5.91 Å². The van der Waals surface area contributed by atoms with Crippen LogP contribution in [0.1, 0.15) is 36.5 Å². The van der Waals surface area contributed by atoms with E-state index in [-0.39, 0.29) is 5.91 Å². The number of nitrogens with zero attached hydrogens (tertiary/aromatic N) is 1. The van der Waals surface area contributed by atoms with Crippen LogP contribution in [0.2, 0.25) is 0 Å². The Kier molecular flexibility index (Phi) is 7.58. The Bertz CT molecular complexity index is 383. The second kappa shape index (κ2) is 9.33. The summed E-state index contributed by atoms with van der Waals surface area (Å²) in [5, 5.41) is 6.05. The Morgan fingerprint density at radius 2 is 2.16 bits per heavy atom. The van der Waals surface area contributed by atoms with Gasteiger partial charge in [-0.1, -0.05) is 19.8 Å². The molecule has 0 fully saturated rings. The summed E-state index contributed by atoms with van der Waals surface area (Å²) in [6, 6.07) is 1.80. The average Bonchev–Trinajstić information content (AvgIpc) is 2.44. The van der Waals surface area contributed by atoms with E-state index in [1.54, 1.807) is 25.6 Å². The SMILES string of the molecule is CCCCCNC(=O)c1cncc(NCCOC)c1. The minimum Gasteiger partial charge on any atom is -0.383 e. The number of anilines is 1. The molecule has 0 unspecified atom stereocenters. The molecule has 0 saturated heterocycles. The second-order valence-corrected chi connectivity index (χ2v) is 4.34. The molecule has 0 aliphatic carbocycles. The molecule has 0 bridgehead atoms. The molecule has 1 rings (SSSR count). The smallest absolute Gasteiger partial charge is 0.252 e. The van der Waals surface area contributed by atoms with Gasteiger partial charge in [0.05, 0.1) is 17.9 Å². The summed E-state index contributed by atoms with van der Waals surface area (Å²) in [5.41, 5.74) is 1.41. The number of rotatable bonds is 9. The van der Waals surface area contributed by atoms with Crippen molar-refractivity contribution in [2.24, 2.45) is 0 Å². The molecule has 0 saturated carbocycles. The van der Waals surface area contributed by atoms with Gasteiger partial charge in [0.1, 0.15) is 0 Å². The molecule has 0 aliphatic heterocycles. The van der Waals surface area contributed by atoms with E-state index in [1.165, 1.54) is 0 Å². The van der Waals surface area contributed by atoms with Gasteiger partial charge in [-0.2, -0.15) is 0 Å². The van der Waals surface area contributed by atoms with Crippen LogP contribution in [-0.2, 0) is 4.74 Å². The van der Waals surface area contributed by atoms with Crippen molar-refractivity contribution in [1.82, 2.24) is 10.3 Å². The predicted octanol–water partition coefficient (Wildman–Crippen LogP) is 2.06. The highest BCUT2D eigenvalue weighted by Gasteiger charge is 2.05. The molecule has 1 aromatic heterocycles. The quantitative estimate of drug-likeness (QED) is 0.671. The highest BCUT2D eigenvalue weighted by Crippen LogP contribution is 2.08. The Labute approximate surface area is 114 Å². The molecular formula is C14H23N3O2. The lowest BCUT2D eigenvalue weighted by molar-refractivity contribution is 0.0952. The van der Waals surface area contributed by atoms with Crippen molar-refractivity contribution in [3.8, 4) is 0 Å². The number of amides is 1. The molecule has 0 radical (unpaired) electrons. The van der Waals surface area contributed by atoms with Crippen molar-refractivity contribution < 1.29 is 9.53 Å². The lowest BCUT2D eigenvalue weighted by atomic mass is 10.2. The van der Waals surface area contributed by atoms with Gasteiger partial charge in [0.15, 0.2) is 0 Å². The zero-order valence-corrected chi connectivity index (χ0v) is 11.7. The second-order valence-electron chi connectivity index (χ2n) is 4.34. The summed E-state index contributed by atoms with van der Waals surface area (Å²) in [7, 11) is 1.65. The number of aromatic nitrogens is 1. The number of hydrogen-bond donors (Lipinski definition) is 2. The van der Waals surface area contributed by atoms with Crippen molar-refractivity contribution >= 4 is 11.6 Å². The first kappa shape index (κ1) is 15.4. The maximum Gasteiger partial charge on any atom is 0.252 e. The zero-order valence-electron chi connectivity index (χ0n) is 11.7. The van der Waals surface area contributed by atoms with Crippen molar-refractivity contribution in [3.05, 3.63) is 24.0 Å². The van der Waals surface area contributed by atoms with Gasteiger partial charge in [-0.15, -0.1) is 0 Å². The number of nitrogens with one attached hydrogen (secondary N) is 2. The summed E-state index contributed by atoms with van der Waals surface area (Å²) in [5.74, 6) is -0.0704. The molecule has 0 aliphatic rings. The minimum atomic E-state index is -0.0704. The fourth-order valence-electron chi connectivity index (χ4n) is 1.64. The number of carbonyl (C=O) groups excluding carboxylic acids is 1. The van der Waals surface area contributed by atoms with Crippen LogP contribution in [0.15, 0.2) is 18.5 Å². The molecule has 5 nitrogen and oxygen atoms in total. The van der Waals surface area contributed by atoms with Crippen LogP contribution in [0.3, 0.4) is 0 Å². The molecule has 1 heterocycles. The summed E-state index contributed by atoms with van der Waals surface area (Å²) in [4.78, 5) is 16.0. The van der Waals surface area contributed by atoms with E-state index in [0.717, 1.165) is 24.9 Å². The minimum absolute atomic E-state index is 0.0704. The van der Waals surface area contributed by atoms with E-state index in [4.69, 9.17) is 4.74 Å². The largest absolute Gasteiger partial charge is 0.383 e. The fourth-order valence-corrected chi connectivity index (χ4v) is 1.64. The molecule has 106 valence electrons. The van der Waals surface area contributed by atoms with E-state index in [9.17, 15) is 4.79 Å². The summed E-state index contributed by atoms with van der Waals surface area (Å²) >= 11 is 0. The maximum absolute atomic E-state index is 11.9. The molecule has 5 heteroatoms. The van der Waals surface area contributed by atoms with Crippen LogP contribution < -0.4 is 10.6 Å². The molecule has 1 aromatic rings. The van der Waals surface area contributed by atoms with Gasteiger partial charge in [0.2, 0.25) is 0 Å². The Hall–Kier alpha value is -1.62. The zero-order chi connectivity index (χ0) is 13.9. The topological polar surface area (TPSA) is 63.2 Å². The summed E-state index contributed by atoms with van der Waals surface area (Å²) < 4.78 is 4.96. The molecule has 0 atom stereocenters. The average molecular weight is 265 g/mol. The Morgan fingerprint density at radius 3 is 2.89 bits per heavy atom. The monoisotopic (exact) mass is 265 g/mol. The predicted molar refractivity (Wildman–Crippen MR) is 76.5 cm³/mol. The van der Waals surface area contributed by atoms with Crippen molar-refractivity contribution in [1.29, 1.82) is 0 Å². The number of ether oxygens (including phenoxy) is 1. The molecule has 0 spiro atoms. The maximum atomic E-state index is 11.9. The normalized spacial score (nSPS) is 10.2. The van der Waals surface area contributed by atoms with Crippen molar-refractivity contribution in [2.75, 3.05) is 32.1 Å². The fraction of sp³-hybridized carbons (Fsp3) is 0.571. The van der Waals surface area contributed by atoms with Crippen LogP contribution in [0.25, 0.3) is 0 Å². The third kappa shape index (κ3) is 6.20. The molecular weight excluding hydrogens is 242 g/mol. The summed E-state index contributed by atoms with van der Waals surface area (Å²) in [6.45, 7) is 4.17. The lowest BCUT2D eigenvalue weighted by Crippen LogP contribution is -2.24. The first-order chi connectivity index (χ1) is 9.27. The van der Waals surface area contributed by atoms with E-state index >= 15 is 0 Å². The lowest BCUT2D eigenvalue weighted by Gasteiger charge is -2.08. The molecule has 19 heavy (non-hydrogen) atoms. The highest BCUT2D eigenvalue weighted by molar-refractivity contribution is 5.94. The molecule has 0 aromatic carbocycles. The van der Waals surface area contributed by atoms with E-state index in [1.807, 2.05) is 0 Å². The van der Waals surface area contributed by atoms with E-state index in [2.05, 4.69) is 22.5 Å². The summed E-state index contributed by atoms with van der Waals surface area (Å²) in [6.07, 6.45) is 6.58. The number of unbranched alkanes of at least 4 members (excludes halogenated alkanes) is 2. The van der Waals surface area contributed by atoms with E-state index in [0.29, 0.717) is 25.3 Å². The standard InChI is InChI=1S/C14H23N3O2/c1-3-4-5-6-17-14(18)12-9-13(11-15-10-12)16-7-8-19-2/h9-11,16H,3-8H2,1-2H3,(H,17,18).